The Labute approximate surface area is 114 Å². The van der Waals surface area contributed by atoms with Crippen LogP contribution in [0.5, 0.6) is 0 Å². The molecule has 0 aromatic rings. The Hall–Kier alpha value is -0.0400. The van der Waals surface area contributed by atoms with E-state index in [0.29, 0.717) is 16.2 Å². The first-order chi connectivity index (χ1) is 8.16. The Kier molecular flexibility index (Phi) is 3.60. The van der Waals surface area contributed by atoms with Gasteiger partial charge in [0.05, 0.1) is 0 Å². The number of rotatable bonds is 2. The van der Waals surface area contributed by atoms with Gasteiger partial charge < -0.3 is 4.90 Å². The van der Waals surface area contributed by atoms with Crippen LogP contribution in [0.2, 0.25) is 0 Å². The molecule has 0 N–H and O–H groups in total. The first-order valence-electron chi connectivity index (χ1n) is 7.88. The largest absolute Gasteiger partial charge is 0.303 e. The quantitative estimate of drug-likeness (QED) is 0.695. The minimum atomic E-state index is 0.414. The lowest BCUT2D eigenvalue weighted by molar-refractivity contribution is -0.0820. The van der Waals surface area contributed by atoms with E-state index in [2.05, 4.69) is 46.4 Å². The van der Waals surface area contributed by atoms with E-state index in [4.69, 9.17) is 0 Å². The lowest BCUT2D eigenvalue weighted by Gasteiger charge is -2.57. The Morgan fingerprint density at radius 3 is 1.67 bits per heavy atom. The van der Waals surface area contributed by atoms with Crippen molar-refractivity contribution < 1.29 is 0 Å². The van der Waals surface area contributed by atoms with Gasteiger partial charge in [0.2, 0.25) is 0 Å². The van der Waals surface area contributed by atoms with E-state index >= 15 is 0 Å². The van der Waals surface area contributed by atoms with Crippen molar-refractivity contribution in [1.29, 1.82) is 0 Å². The van der Waals surface area contributed by atoms with Crippen LogP contribution in [0.1, 0.15) is 67.2 Å². The summed E-state index contributed by atoms with van der Waals surface area (Å²) in [4.78, 5) is 2.73. The second-order valence-corrected chi connectivity index (χ2v) is 8.83. The van der Waals surface area contributed by atoms with Gasteiger partial charge in [-0.25, -0.2) is 0 Å². The zero-order valence-corrected chi connectivity index (χ0v) is 13.5. The number of hydrogen-bond acceptors (Lipinski definition) is 1. The average Bonchev–Trinajstić information content (AvgIpc) is 2.99. The second kappa shape index (κ2) is 4.51. The van der Waals surface area contributed by atoms with Crippen LogP contribution in [0.3, 0.4) is 0 Å². The average molecular weight is 251 g/mol. The molecule has 106 valence electrons. The topological polar surface area (TPSA) is 3.24 Å². The predicted molar refractivity (Wildman–Crippen MR) is 79.7 cm³/mol. The molecule has 0 atom stereocenters. The predicted octanol–water partition coefficient (Wildman–Crippen LogP) is 4.57. The van der Waals surface area contributed by atoms with Crippen LogP contribution >= 0.6 is 0 Å². The van der Waals surface area contributed by atoms with Crippen LogP contribution in [0, 0.1) is 22.2 Å². The highest BCUT2D eigenvalue weighted by molar-refractivity contribution is 5.01. The normalized spacial score (nSPS) is 26.3. The molecule has 0 aromatic heterocycles. The van der Waals surface area contributed by atoms with E-state index < -0.39 is 0 Å². The lowest BCUT2D eigenvalue weighted by Crippen LogP contribution is -2.53. The minimum Gasteiger partial charge on any atom is -0.303 e. The van der Waals surface area contributed by atoms with Gasteiger partial charge in [0.25, 0.3) is 0 Å². The van der Waals surface area contributed by atoms with E-state index in [0.717, 1.165) is 5.92 Å². The first kappa shape index (κ1) is 14.4. The summed E-state index contributed by atoms with van der Waals surface area (Å²) in [6.07, 6.45) is 5.74. The molecule has 1 aliphatic heterocycles. The highest BCUT2D eigenvalue weighted by Gasteiger charge is 2.51. The SMILES string of the molecule is CC(C)(C)C1(C(C)(C)C)CCN(CC2CC2)CC1. The van der Waals surface area contributed by atoms with E-state index in [1.54, 1.807) is 0 Å². The summed E-state index contributed by atoms with van der Waals surface area (Å²) in [6, 6.07) is 0. The molecule has 2 fully saturated rings. The van der Waals surface area contributed by atoms with Crippen LogP contribution in [0.4, 0.5) is 0 Å². The van der Waals surface area contributed by atoms with Crippen molar-refractivity contribution >= 4 is 0 Å². The van der Waals surface area contributed by atoms with Crippen LogP contribution in [-0.2, 0) is 0 Å². The van der Waals surface area contributed by atoms with Crippen molar-refractivity contribution in [3.63, 3.8) is 0 Å². The van der Waals surface area contributed by atoms with Crippen molar-refractivity contribution in [3.8, 4) is 0 Å². The molecule has 0 bridgehead atoms. The number of nitrogens with zero attached hydrogens (tertiary/aromatic N) is 1. The summed E-state index contributed by atoms with van der Waals surface area (Å²) in [7, 11) is 0. The van der Waals surface area contributed by atoms with Gasteiger partial charge >= 0.3 is 0 Å². The molecule has 1 heterocycles. The first-order valence-corrected chi connectivity index (χ1v) is 7.88. The molecule has 1 heteroatoms. The van der Waals surface area contributed by atoms with E-state index in [1.807, 2.05) is 0 Å². The number of likely N-dealkylation sites (tertiary alicyclic amines) is 1. The molecule has 2 rings (SSSR count). The second-order valence-electron chi connectivity index (χ2n) is 8.83. The van der Waals surface area contributed by atoms with Gasteiger partial charge in [0.15, 0.2) is 0 Å². The lowest BCUT2D eigenvalue weighted by atomic mass is 9.50. The summed E-state index contributed by atoms with van der Waals surface area (Å²) in [5.41, 5.74) is 1.33. The molecule has 0 aromatic carbocycles. The zero-order valence-electron chi connectivity index (χ0n) is 13.5. The van der Waals surface area contributed by atoms with Gasteiger partial charge in [-0.1, -0.05) is 41.5 Å². The Morgan fingerprint density at radius 1 is 0.889 bits per heavy atom. The fraction of sp³-hybridized carbons (Fsp3) is 1.00. The van der Waals surface area contributed by atoms with Gasteiger partial charge in [-0.3, -0.25) is 0 Å². The number of piperidine rings is 1. The van der Waals surface area contributed by atoms with Crippen LogP contribution < -0.4 is 0 Å². The summed E-state index contributed by atoms with van der Waals surface area (Å²) in [5, 5.41) is 0. The molecule has 2 aliphatic rings. The molecule has 0 spiro atoms. The summed E-state index contributed by atoms with van der Waals surface area (Å²) >= 11 is 0. The Morgan fingerprint density at radius 2 is 1.33 bits per heavy atom. The highest BCUT2D eigenvalue weighted by Crippen LogP contribution is 2.57. The number of hydrogen-bond donors (Lipinski definition) is 0. The maximum atomic E-state index is 2.73. The van der Waals surface area contributed by atoms with Gasteiger partial charge in [-0.2, -0.15) is 0 Å². The fourth-order valence-electron chi connectivity index (χ4n) is 4.41. The molecule has 1 aliphatic carbocycles. The van der Waals surface area contributed by atoms with Gasteiger partial charge in [0.1, 0.15) is 0 Å². The maximum Gasteiger partial charge on any atom is 0.000967 e. The highest BCUT2D eigenvalue weighted by atomic mass is 15.1. The Bertz CT molecular complexity index is 264. The van der Waals surface area contributed by atoms with Crippen molar-refractivity contribution in [2.75, 3.05) is 19.6 Å². The third kappa shape index (κ3) is 2.61. The van der Waals surface area contributed by atoms with Crippen molar-refractivity contribution in [2.45, 2.75) is 67.2 Å². The van der Waals surface area contributed by atoms with Crippen LogP contribution in [-0.4, -0.2) is 24.5 Å². The smallest absolute Gasteiger partial charge is 0.000967 e. The van der Waals surface area contributed by atoms with Crippen molar-refractivity contribution in [2.24, 2.45) is 22.2 Å². The summed E-state index contributed by atoms with van der Waals surface area (Å²) in [5.74, 6) is 1.04. The van der Waals surface area contributed by atoms with Crippen molar-refractivity contribution in [3.05, 3.63) is 0 Å². The molecule has 1 nitrogen and oxygen atoms in total. The molecule has 0 radical (unpaired) electrons. The van der Waals surface area contributed by atoms with Crippen LogP contribution in [0.15, 0.2) is 0 Å². The molecule has 0 amide bonds. The molecule has 18 heavy (non-hydrogen) atoms. The summed E-state index contributed by atoms with van der Waals surface area (Å²) in [6.45, 7) is 18.7. The van der Waals surface area contributed by atoms with Gasteiger partial charge in [-0.15, -0.1) is 0 Å². The minimum absolute atomic E-state index is 0.414. The molecule has 0 unspecified atom stereocenters. The Balaban J connectivity index is 2.05. The van der Waals surface area contributed by atoms with E-state index in [9.17, 15) is 0 Å². The third-order valence-electron chi connectivity index (χ3n) is 5.79. The molecular formula is C17H33N. The zero-order chi connectivity index (χ0) is 13.6. The van der Waals surface area contributed by atoms with Crippen LogP contribution in [0.25, 0.3) is 0 Å². The molecule has 1 saturated heterocycles. The van der Waals surface area contributed by atoms with E-state index in [1.165, 1.54) is 45.3 Å². The monoisotopic (exact) mass is 251 g/mol. The third-order valence-corrected chi connectivity index (χ3v) is 5.79. The maximum absolute atomic E-state index is 2.73. The van der Waals surface area contributed by atoms with Gasteiger partial charge in [-0.05, 0) is 60.9 Å². The van der Waals surface area contributed by atoms with Gasteiger partial charge in [0, 0.05) is 6.54 Å². The molecule has 1 saturated carbocycles. The van der Waals surface area contributed by atoms with E-state index in [-0.39, 0.29) is 0 Å². The standard InChI is InChI=1S/C17H33N/c1-15(2,3)17(16(4,5)6)9-11-18(12-10-17)13-14-7-8-14/h14H,7-13H2,1-6H3. The summed E-state index contributed by atoms with van der Waals surface area (Å²) < 4.78 is 0. The molecular weight excluding hydrogens is 218 g/mol. The van der Waals surface area contributed by atoms with Crippen molar-refractivity contribution in [1.82, 2.24) is 4.90 Å². The fourth-order valence-corrected chi connectivity index (χ4v) is 4.41.